The molecule has 2 heterocycles. The molecule has 0 aliphatic rings. The summed E-state index contributed by atoms with van der Waals surface area (Å²) < 4.78 is 2.09. The minimum Gasteiger partial charge on any atom is -0.329 e. The van der Waals surface area contributed by atoms with Crippen molar-refractivity contribution in [2.75, 3.05) is 0 Å². The lowest BCUT2D eigenvalue weighted by atomic mass is 10.2. The lowest BCUT2D eigenvalue weighted by Crippen LogP contribution is -2.12. The van der Waals surface area contributed by atoms with Gasteiger partial charge in [0.25, 0.3) is 0 Å². The highest BCUT2D eigenvalue weighted by Crippen LogP contribution is 2.13. The Morgan fingerprint density at radius 1 is 1.64 bits per heavy atom. The molecule has 0 amide bonds. The topological polar surface area (TPSA) is 43.8 Å². The number of nitrogens with zero attached hydrogens (tertiary/aromatic N) is 2. The van der Waals surface area contributed by atoms with Crippen molar-refractivity contribution in [1.82, 2.24) is 9.55 Å². The Bertz CT molecular complexity index is 389. The summed E-state index contributed by atoms with van der Waals surface area (Å²) in [4.78, 5) is 4.11. The Labute approximate surface area is 87.2 Å². The van der Waals surface area contributed by atoms with E-state index < -0.39 is 0 Å². The van der Waals surface area contributed by atoms with Crippen molar-refractivity contribution in [1.29, 1.82) is 0 Å². The van der Waals surface area contributed by atoms with Crippen molar-refractivity contribution < 1.29 is 0 Å². The number of hydrogen-bond acceptors (Lipinski definition) is 3. The lowest BCUT2D eigenvalue weighted by molar-refractivity contribution is 0.675. The molecule has 4 heteroatoms. The molecule has 2 aromatic heterocycles. The first-order valence-corrected chi connectivity index (χ1v) is 5.48. The third-order valence-corrected chi connectivity index (χ3v) is 2.88. The molecule has 2 aromatic rings. The van der Waals surface area contributed by atoms with Gasteiger partial charge in [-0.2, -0.15) is 11.3 Å². The van der Waals surface area contributed by atoms with E-state index in [9.17, 15) is 0 Å². The van der Waals surface area contributed by atoms with Gasteiger partial charge in [0.05, 0.1) is 12.0 Å². The number of aromatic nitrogens is 2. The SMILES string of the molecule is CC(N)c1cncn1Cc1ccsc1. The van der Waals surface area contributed by atoms with Crippen molar-refractivity contribution in [2.45, 2.75) is 19.5 Å². The first-order valence-electron chi connectivity index (χ1n) is 4.54. The van der Waals surface area contributed by atoms with E-state index in [0.29, 0.717) is 0 Å². The maximum absolute atomic E-state index is 5.83. The van der Waals surface area contributed by atoms with E-state index >= 15 is 0 Å². The van der Waals surface area contributed by atoms with Gasteiger partial charge in [-0.05, 0) is 29.3 Å². The minimum absolute atomic E-state index is 0.0381. The van der Waals surface area contributed by atoms with Gasteiger partial charge in [-0.3, -0.25) is 0 Å². The number of thiophene rings is 1. The van der Waals surface area contributed by atoms with Gasteiger partial charge in [0.2, 0.25) is 0 Å². The Hall–Kier alpha value is -1.13. The first-order chi connectivity index (χ1) is 6.77. The molecule has 2 rings (SSSR count). The number of rotatable bonds is 3. The largest absolute Gasteiger partial charge is 0.329 e. The summed E-state index contributed by atoms with van der Waals surface area (Å²) in [5.74, 6) is 0. The van der Waals surface area contributed by atoms with Gasteiger partial charge in [0.1, 0.15) is 0 Å². The summed E-state index contributed by atoms with van der Waals surface area (Å²) in [5.41, 5.74) is 8.21. The molecule has 0 radical (unpaired) electrons. The van der Waals surface area contributed by atoms with Crippen LogP contribution in [0.1, 0.15) is 24.2 Å². The van der Waals surface area contributed by atoms with E-state index in [1.807, 2.05) is 19.4 Å². The molecule has 3 nitrogen and oxygen atoms in total. The summed E-state index contributed by atoms with van der Waals surface area (Å²) in [6, 6.07) is 2.16. The zero-order chi connectivity index (χ0) is 9.97. The standard InChI is InChI=1S/C10H13N3S/c1-8(11)10-4-12-7-13(10)5-9-2-3-14-6-9/h2-4,6-8H,5,11H2,1H3. The van der Waals surface area contributed by atoms with Gasteiger partial charge in [0, 0.05) is 18.8 Å². The Morgan fingerprint density at radius 3 is 3.14 bits per heavy atom. The second-order valence-corrected chi connectivity index (χ2v) is 4.15. The normalized spacial score (nSPS) is 13.0. The van der Waals surface area contributed by atoms with Gasteiger partial charge in [0.15, 0.2) is 0 Å². The maximum Gasteiger partial charge on any atom is 0.0951 e. The number of imidazole rings is 1. The molecule has 1 unspecified atom stereocenters. The van der Waals surface area contributed by atoms with Crippen LogP contribution >= 0.6 is 11.3 Å². The second kappa shape index (κ2) is 3.94. The fraction of sp³-hybridized carbons (Fsp3) is 0.300. The van der Waals surface area contributed by atoms with Crippen molar-refractivity contribution >= 4 is 11.3 Å². The molecule has 1 atom stereocenters. The van der Waals surface area contributed by atoms with Crippen molar-refractivity contribution in [3.63, 3.8) is 0 Å². The van der Waals surface area contributed by atoms with Crippen LogP contribution < -0.4 is 5.73 Å². The van der Waals surface area contributed by atoms with Crippen LogP contribution in [0.25, 0.3) is 0 Å². The van der Waals surface area contributed by atoms with Gasteiger partial charge >= 0.3 is 0 Å². The van der Waals surface area contributed by atoms with Crippen LogP contribution in [0, 0.1) is 0 Å². The average Bonchev–Trinajstić information content (AvgIpc) is 2.75. The zero-order valence-corrected chi connectivity index (χ0v) is 8.87. The van der Waals surface area contributed by atoms with Crippen LogP contribution in [0.2, 0.25) is 0 Å². The molecule has 0 saturated heterocycles. The molecule has 0 saturated carbocycles. The summed E-state index contributed by atoms with van der Waals surface area (Å²) >= 11 is 1.71. The Kier molecular flexibility index (Phi) is 2.65. The monoisotopic (exact) mass is 207 g/mol. The van der Waals surface area contributed by atoms with Crippen molar-refractivity contribution in [3.05, 3.63) is 40.6 Å². The van der Waals surface area contributed by atoms with Crippen LogP contribution in [-0.2, 0) is 6.54 Å². The van der Waals surface area contributed by atoms with Crippen LogP contribution in [0.5, 0.6) is 0 Å². The van der Waals surface area contributed by atoms with E-state index in [-0.39, 0.29) is 6.04 Å². The molecule has 0 aliphatic heterocycles. The third kappa shape index (κ3) is 1.86. The quantitative estimate of drug-likeness (QED) is 0.836. The van der Waals surface area contributed by atoms with Gasteiger partial charge in [-0.1, -0.05) is 0 Å². The van der Waals surface area contributed by atoms with E-state index in [2.05, 4.69) is 26.4 Å². The van der Waals surface area contributed by atoms with E-state index in [1.54, 1.807) is 11.3 Å². The van der Waals surface area contributed by atoms with Crippen molar-refractivity contribution in [3.8, 4) is 0 Å². The molecule has 74 valence electrons. The molecule has 0 aliphatic carbocycles. The summed E-state index contributed by atoms with van der Waals surface area (Å²) in [6.45, 7) is 2.83. The zero-order valence-electron chi connectivity index (χ0n) is 8.05. The fourth-order valence-corrected chi connectivity index (χ4v) is 2.08. The Morgan fingerprint density at radius 2 is 2.50 bits per heavy atom. The van der Waals surface area contributed by atoms with Crippen molar-refractivity contribution in [2.24, 2.45) is 5.73 Å². The van der Waals surface area contributed by atoms with E-state index in [1.165, 1.54) is 5.56 Å². The molecule has 0 fully saturated rings. The molecular weight excluding hydrogens is 194 g/mol. The highest BCUT2D eigenvalue weighted by molar-refractivity contribution is 7.07. The van der Waals surface area contributed by atoms with E-state index in [4.69, 9.17) is 5.73 Å². The number of nitrogens with two attached hydrogens (primary N) is 1. The van der Waals surface area contributed by atoms with Crippen LogP contribution in [0.4, 0.5) is 0 Å². The Balaban J connectivity index is 2.21. The van der Waals surface area contributed by atoms with E-state index in [0.717, 1.165) is 12.2 Å². The number of hydrogen-bond donors (Lipinski definition) is 1. The molecule has 0 spiro atoms. The third-order valence-electron chi connectivity index (χ3n) is 2.14. The lowest BCUT2D eigenvalue weighted by Gasteiger charge is -2.09. The van der Waals surface area contributed by atoms with Gasteiger partial charge in [-0.15, -0.1) is 0 Å². The molecular formula is C10H13N3S. The highest BCUT2D eigenvalue weighted by atomic mass is 32.1. The fourth-order valence-electron chi connectivity index (χ4n) is 1.42. The van der Waals surface area contributed by atoms with Crippen LogP contribution in [0.3, 0.4) is 0 Å². The molecule has 0 aromatic carbocycles. The second-order valence-electron chi connectivity index (χ2n) is 3.37. The highest BCUT2D eigenvalue weighted by Gasteiger charge is 2.06. The van der Waals surface area contributed by atoms with Crippen LogP contribution in [0.15, 0.2) is 29.4 Å². The van der Waals surface area contributed by atoms with Crippen LogP contribution in [-0.4, -0.2) is 9.55 Å². The molecule has 0 bridgehead atoms. The predicted molar refractivity (Wildman–Crippen MR) is 58.3 cm³/mol. The van der Waals surface area contributed by atoms with Gasteiger partial charge < -0.3 is 10.3 Å². The predicted octanol–water partition coefficient (Wildman–Crippen LogP) is 2.01. The summed E-state index contributed by atoms with van der Waals surface area (Å²) in [6.07, 6.45) is 3.66. The summed E-state index contributed by atoms with van der Waals surface area (Å²) in [7, 11) is 0. The maximum atomic E-state index is 5.83. The molecule has 14 heavy (non-hydrogen) atoms. The van der Waals surface area contributed by atoms with Gasteiger partial charge in [-0.25, -0.2) is 4.98 Å². The first kappa shape index (κ1) is 9.43. The minimum atomic E-state index is 0.0381. The summed E-state index contributed by atoms with van der Waals surface area (Å²) in [5, 5.41) is 4.22. The smallest absolute Gasteiger partial charge is 0.0951 e. The molecule has 2 N–H and O–H groups in total. The average molecular weight is 207 g/mol.